The van der Waals surface area contributed by atoms with E-state index in [0.717, 1.165) is 5.69 Å². The minimum Gasteiger partial charge on any atom is -0.397 e. The summed E-state index contributed by atoms with van der Waals surface area (Å²) in [7, 11) is 1.83. The smallest absolute Gasteiger partial charge is 0.248 e. The lowest BCUT2D eigenvalue weighted by atomic mass is 10.1. The van der Waals surface area contributed by atoms with Gasteiger partial charge in [-0.2, -0.15) is 0 Å². The molecular weight excluding hydrogens is 218 g/mol. The molecule has 1 aromatic rings. The molecule has 5 N–H and O–H groups in total. The van der Waals surface area contributed by atoms with E-state index in [4.69, 9.17) is 11.5 Å². The zero-order valence-electron chi connectivity index (χ0n) is 10.4. The number of carbonyl (C=O) groups is 1. The van der Waals surface area contributed by atoms with Crippen LogP contribution in [-0.2, 0) is 0 Å². The standard InChI is InChI=1S/C12H19N3O2/c1-12(2,17)7-15(3)10-5-4-8(11(14)16)6-9(10)13/h4-6,17H,7,13H2,1-3H3,(H2,14,16). The highest BCUT2D eigenvalue weighted by Crippen LogP contribution is 2.24. The number of likely N-dealkylation sites (N-methyl/N-ethyl adjacent to an activating group) is 1. The minimum atomic E-state index is -0.816. The van der Waals surface area contributed by atoms with Gasteiger partial charge in [0, 0.05) is 19.2 Å². The summed E-state index contributed by atoms with van der Waals surface area (Å²) in [4.78, 5) is 12.8. The molecule has 17 heavy (non-hydrogen) atoms. The van der Waals surface area contributed by atoms with Gasteiger partial charge in [0.15, 0.2) is 0 Å². The van der Waals surface area contributed by atoms with Crippen molar-refractivity contribution in [2.24, 2.45) is 5.73 Å². The van der Waals surface area contributed by atoms with Gasteiger partial charge in [0.05, 0.1) is 17.0 Å². The average molecular weight is 237 g/mol. The average Bonchev–Trinajstić information content (AvgIpc) is 2.14. The largest absolute Gasteiger partial charge is 0.397 e. The van der Waals surface area contributed by atoms with Crippen molar-refractivity contribution < 1.29 is 9.90 Å². The molecule has 5 nitrogen and oxygen atoms in total. The Morgan fingerprint density at radius 2 is 2.06 bits per heavy atom. The molecule has 0 bridgehead atoms. The third-order valence-corrected chi connectivity index (χ3v) is 2.35. The van der Waals surface area contributed by atoms with E-state index in [0.29, 0.717) is 17.8 Å². The molecule has 0 unspecified atom stereocenters. The van der Waals surface area contributed by atoms with E-state index in [9.17, 15) is 9.90 Å². The highest BCUT2D eigenvalue weighted by Gasteiger charge is 2.17. The lowest BCUT2D eigenvalue weighted by Gasteiger charge is -2.28. The van der Waals surface area contributed by atoms with Gasteiger partial charge in [-0.25, -0.2) is 0 Å². The summed E-state index contributed by atoms with van der Waals surface area (Å²) in [5.41, 5.74) is 11.8. The van der Waals surface area contributed by atoms with Crippen LogP contribution >= 0.6 is 0 Å². The molecule has 0 aliphatic rings. The number of anilines is 2. The Kier molecular flexibility index (Phi) is 3.63. The lowest BCUT2D eigenvalue weighted by Crippen LogP contribution is -2.36. The third-order valence-electron chi connectivity index (χ3n) is 2.35. The molecule has 0 aliphatic carbocycles. The van der Waals surface area contributed by atoms with Crippen LogP contribution in [0, 0.1) is 0 Å². The molecule has 0 heterocycles. The molecule has 0 spiro atoms. The van der Waals surface area contributed by atoms with Crippen molar-refractivity contribution in [3.63, 3.8) is 0 Å². The van der Waals surface area contributed by atoms with Gasteiger partial charge >= 0.3 is 0 Å². The predicted octanol–water partition coefficient (Wildman–Crippen LogP) is 0.575. The molecule has 1 aromatic carbocycles. The summed E-state index contributed by atoms with van der Waals surface area (Å²) >= 11 is 0. The van der Waals surface area contributed by atoms with Crippen molar-refractivity contribution in [3.05, 3.63) is 23.8 Å². The highest BCUT2D eigenvalue weighted by atomic mass is 16.3. The van der Waals surface area contributed by atoms with Crippen LogP contribution in [0.3, 0.4) is 0 Å². The predicted molar refractivity (Wildman–Crippen MR) is 68.9 cm³/mol. The number of nitrogens with zero attached hydrogens (tertiary/aromatic N) is 1. The minimum absolute atomic E-state index is 0.378. The Labute approximate surface area is 101 Å². The quantitative estimate of drug-likeness (QED) is 0.668. The maximum atomic E-state index is 11.0. The van der Waals surface area contributed by atoms with Gasteiger partial charge in [-0.15, -0.1) is 0 Å². The number of nitrogen functional groups attached to an aromatic ring is 1. The van der Waals surface area contributed by atoms with Crippen LogP contribution in [0.1, 0.15) is 24.2 Å². The number of carbonyl (C=O) groups excluding carboxylic acids is 1. The van der Waals surface area contributed by atoms with Crippen LogP contribution in [0.25, 0.3) is 0 Å². The Bertz CT molecular complexity index is 424. The van der Waals surface area contributed by atoms with Gasteiger partial charge in [-0.1, -0.05) is 0 Å². The van der Waals surface area contributed by atoms with Gasteiger partial charge in [-0.3, -0.25) is 4.79 Å². The molecule has 5 heteroatoms. The zero-order valence-corrected chi connectivity index (χ0v) is 10.4. The van der Waals surface area contributed by atoms with Crippen molar-refractivity contribution in [1.82, 2.24) is 0 Å². The maximum absolute atomic E-state index is 11.0. The van der Waals surface area contributed by atoms with Crippen molar-refractivity contribution in [2.45, 2.75) is 19.4 Å². The fourth-order valence-electron chi connectivity index (χ4n) is 1.72. The first-order chi connectivity index (χ1) is 7.70. The molecule has 0 aliphatic heterocycles. The van der Waals surface area contributed by atoms with E-state index in [1.807, 2.05) is 11.9 Å². The van der Waals surface area contributed by atoms with Crippen LogP contribution in [0.15, 0.2) is 18.2 Å². The molecular formula is C12H19N3O2. The van der Waals surface area contributed by atoms with E-state index >= 15 is 0 Å². The third kappa shape index (κ3) is 3.64. The molecule has 0 fully saturated rings. The number of rotatable bonds is 4. The number of amides is 1. The second kappa shape index (κ2) is 4.63. The van der Waals surface area contributed by atoms with Gasteiger partial charge in [0.25, 0.3) is 0 Å². The second-order valence-electron chi connectivity index (χ2n) is 4.81. The SMILES string of the molecule is CN(CC(C)(C)O)c1ccc(C(N)=O)cc1N. The van der Waals surface area contributed by atoms with Gasteiger partial charge in [0.2, 0.25) is 5.91 Å². The Balaban J connectivity index is 2.96. The van der Waals surface area contributed by atoms with E-state index in [1.165, 1.54) is 0 Å². The topological polar surface area (TPSA) is 92.6 Å². The van der Waals surface area contributed by atoms with E-state index in [2.05, 4.69) is 0 Å². The number of hydrogen-bond acceptors (Lipinski definition) is 4. The summed E-state index contributed by atoms with van der Waals surface area (Å²) in [6, 6.07) is 4.88. The highest BCUT2D eigenvalue weighted by molar-refractivity contribution is 5.94. The van der Waals surface area contributed by atoms with Crippen LogP contribution < -0.4 is 16.4 Å². The number of hydrogen-bond donors (Lipinski definition) is 3. The first-order valence-electron chi connectivity index (χ1n) is 5.33. The Hall–Kier alpha value is -1.75. The molecule has 0 radical (unpaired) electrons. The zero-order chi connectivity index (χ0) is 13.2. The van der Waals surface area contributed by atoms with Crippen LogP contribution in [0.2, 0.25) is 0 Å². The number of aliphatic hydroxyl groups is 1. The second-order valence-corrected chi connectivity index (χ2v) is 4.81. The summed E-state index contributed by atoms with van der Waals surface area (Å²) in [5.74, 6) is -0.506. The van der Waals surface area contributed by atoms with Crippen LogP contribution in [-0.4, -0.2) is 30.2 Å². The number of primary amides is 1. The van der Waals surface area contributed by atoms with Gasteiger partial charge < -0.3 is 21.5 Å². The summed E-state index contributed by atoms with van der Waals surface area (Å²) < 4.78 is 0. The summed E-state index contributed by atoms with van der Waals surface area (Å²) in [5, 5.41) is 9.73. The number of nitrogens with two attached hydrogens (primary N) is 2. The van der Waals surface area contributed by atoms with Crippen molar-refractivity contribution >= 4 is 17.3 Å². The van der Waals surface area contributed by atoms with E-state index in [-0.39, 0.29) is 0 Å². The van der Waals surface area contributed by atoms with Crippen LogP contribution in [0.5, 0.6) is 0 Å². The molecule has 94 valence electrons. The van der Waals surface area contributed by atoms with E-state index < -0.39 is 11.5 Å². The van der Waals surface area contributed by atoms with Gasteiger partial charge in [-0.05, 0) is 32.0 Å². The molecule has 0 saturated carbocycles. The van der Waals surface area contributed by atoms with Crippen molar-refractivity contribution in [2.75, 3.05) is 24.2 Å². The fraction of sp³-hybridized carbons (Fsp3) is 0.417. The van der Waals surface area contributed by atoms with Crippen molar-refractivity contribution in [1.29, 1.82) is 0 Å². The monoisotopic (exact) mass is 237 g/mol. The molecule has 0 saturated heterocycles. The maximum Gasteiger partial charge on any atom is 0.248 e. The Morgan fingerprint density at radius 3 is 2.47 bits per heavy atom. The number of benzene rings is 1. The Morgan fingerprint density at radius 1 is 1.47 bits per heavy atom. The van der Waals surface area contributed by atoms with E-state index in [1.54, 1.807) is 32.0 Å². The lowest BCUT2D eigenvalue weighted by molar-refractivity contribution is 0.0886. The first kappa shape index (κ1) is 13.3. The normalized spacial score (nSPS) is 11.3. The van der Waals surface area contributed by atoms with Gasteiger partial charge in [0.1, 0.15) is 0 Å². The van der Waals surface area contributed by atoms with Crippen LogP contribution in [0.4, 0.5) is 11.4 Å². The summed E-state index contributed by atoms with van der Waals surface area (Å²) in [6.07, 6.45) is 0. The molecule has 1 rings (SSSR count). The van der Waals surface area contributed by atoms with Crippen molar-refractivity contribution in [3.8, 4) is 0 Å². The molecule has 0 atom stereocenters. The molecule has 1 amide bonds. The summed E-state index contributed by atoms with van der Waals surface area (Å²) in [6.45, 7) is 3.88. The first-order valence-corrected chi connectivity index (χ1v) is 5.33. The fourth-order valence-corrected chi connectivity index (χ4v) is 1.72. The molecule has 0 aromatic heterocycles.